The van der Waals surface area contributed by atoms with E-state index in [9.17, 15) is 14.0 Å². The number of benzene rings is 1. The number of carbonyl (C=O) groups excluding carboxylic acids is 2. The zero-order valence-corrected chi connectivity index (χ0v) is 17.5. The van der Waals surface area contributed by atoms with E-state index in [1.54, 1.807) is 6.07 Å². The van der Waals surface area contributed by atoms with Crippen LogP contribution in [0.1, 0.15) is 64.8 Å². The van der Waals surface area contributed by atoms with E-state index >= 15 is 0 Å². The molecule has 1 aliphatic carbocycles. The summed E-state index contributed by atoms with van der Waals surface area (Å²) in [4.78, 5) is 26.2. The van der Waals surface area contributed by atoms with Gasteiger partial charge in [0.15, 0.2) is 0 Å². The second-order valence-corrected chi connectivity index (χ2v) is 9.05. The van der Waals surface area contributed by atoms with Crippen LogP contribution in [-0.2, 0) is 17.6 Å². The van der Waals surface area contributed by atoms with Gasteiger partial charge in [-0.25, -0.2) is 9.18 Å². The van der Waals surface area contributed by atoms with Crippen molar-refractivity contribution in [3.8, 4) is 0 Å². The van der Waals surface area contributed by atoms with Gasteiger partial charge in [0.05, 0.1) is 12.7 Å². The van der Waals surface area contributed by atoms with Crippen molar-refractivity contribution in [1.29, 1.82) is 0 Å². The first-order valence-electron chi connectivity index (χ1n) is 9.56. The van der Waals surface area contributed by atoms with E-state index in [-0.39, 0.29) is 11.0 Å². The normalized spacial score (nSPS) is 16.4. The van der Waals surface area contributed by atoms with Crippen molar-refractivity contribution in [2.75, 3.05) is 12.4 Å². The van der Waals surface area contributed by atoms with Gasteiger partial charge in [0.2, 0.25) is 0 Å². The maximum Gasteiger partial charge on any atom is 0.341 e. The number of halogens is 1. The van der Waals surface area contributed by atoms with Gasteiger partial charge in [0, 0.05) is 10.4 Å². The Morgan fingerprint density at radius 2 is 2.11 bits per heavy atom. The number of amides is 1. The molecule has 0 bridgehead atoms. The van der Waals surface area contributed by atoms with Crippen LogP contribution >= 0.6 is 11.3 Å². The molecule has 28 heavy (non-hydrogen) atoms. The number of hydrogen-bond acceptors (Lipinski definition) is 4. The second kappa shape index (κ2) is 8.03. The molecule has 3 rings (SSSR count). The van der Waals surface area contributed by atoms with E-state index in [1.807, 2.05) is 0 Å². The molecular weight excluding hydrogens is 377 g/mol. The lowest BCUT2D eigenvalue weighted by molar-refractivity contribution is 0.0600. The third-order valence-corrected chi connectivity index (χ3v) is 7.15. The Hall–Kier alpha value is -2.21. The topological polar surface area (TPSA) is 55.4 Å². The fourth-order valence-corrected chi connectivity index (χ4v) is 5.06. The van der Waals surface area contributed by atoms with Gasteiger partial charge in [-0.3, -0.25) is 4.79 Å². The Balaban J connectivity index is 1.94. The Morgan fingerprint density at radius 3 is 2.75 bits per heavy atom. The fraction of sp³-hybridized carbons (Fsp3) is 0.455. The number of thiophene rings is 1. The number of carbonyl (C=O) groups is 2. The summed E-state index contributed by atoms with van der Waals surface area (Å²) < 4.78 is 18.4. The molecule has 0 fully saturated rings. The maximum absolute atomic E-state index is 13.5. The van der Waals surface area contributed by atoms with Crippen molar-refractivity contribution in [1.82, 2.24) is 0 Å². The van der Waals surface area contributed by atoms with Gasteiger partial charge in [-0.05, 0) is 54.4 Å². The van der Waals surface area contributed by atoms with Gasteiger partial charge < -0.3 is 10.1 Å². The number of ether oxygens (including phenoxy) is 1. The van der Waals surface area contributed by atoms with E-state index in [1.165, 1.54) is 36.6 Å². The standard InChI is InChI=1S/C22H26FNO3S/c1-5-22(2,3)14-9-10-16-17(12-14)28-20(18(16)21(26)27-4)24-19(25)13-7-6-8-15(23)11-13/h6-8,11,14H,5,9-10,12H2,1-4H3,(H,24,25). The highest BCUT2D eigenvalue weighted by Gasteiger charge is 2.35. The van der Waals surface area contributed by atoms with E-state index in [2.05, 4.69) is 26.1 Å². The molecule has 1 N–H and O–H groups in total. The summed E-state index contributed by atoms with van der Waals surface area (Å²) in [6, 6.07) is 5.50. The minimum absolute atomic E-state index is 0.215. The molecular formula is C22H26FNO3S. The van der Waals surface area contributed by atoms with Gasteiger partial charge in [0.25, 0.3) is 5.91 Å². The third kappa shape index (κ3) is 3.97. The fourth-order valence-electron chi connectivity index (χ4n) is 3.75. The first-order chi connectivity index (χ1) is 13.3. The van der Waals surface area contributed by atoms with E-state index in [0.29, 0.717) is 16.5 Å². The monoisotopic (exact) mass is 403 g/mol. The van der Waals surface area contributed by atoms with Crippen LogP contribution < -0.4 is 5.32 Å². The first-order valence-corrected chi connectivity index (χ1v) is 10.4. The highest BCUT2D eigenvalue weighted by atomic mass is 32.1. The molecule has 150 valence electrons. The zero-order valence-electron chi connectivity index (χ0n) is 16.7. The molecule has 1 aromatic heterocycles. The Labute approximate surface area is 169 Å². The van der Waals surface area contributed by atoms with Gasteiger partial charge >= 0.3 is 5.97 Å². The summed E-state index contributed by atoms with van der Waals surface area (Å²) in [5.41, 5.74) is 1.86. The average molecular weight is 404 g/mol. The number of fused-ring (bicyclic) bond motifs is 1. The number of esters is 1. The van der Waals surface area contributed by atoms with Gasteiger partial charge in [-0.2, -0.15) is 0 Å². The van der Waals surface area contributed by atoms with Crippen LogP contribution in [0.15, 0.2) is 24.3 Å². The molecule has 1 aromatic carbocycles. The van der Waals surface area contributed by atoms with Gasteiger partial charge in [-0.1, -0.05) is 33.3 Å². The summed E-state index contributed by atoms with van der Waals surface area (Å²) >= 11 is 1.44. The van der Waals surface area contributed by atoms with Crippen molar-refractivity contribution in [2.24, 2.45) is 11.3 Å². The molecule has 0 spiro atoms. The number of nitrogens with one attached hydrogen (secondary N) is 1. The quantitative estimate of drug-likeness (QED) is 0.674. The van der Waals surface area contributed by atoms with Crippen molar-refractivity contribution in [3.05, 3.63) is 51.7 Å². The summed E-state index contributed by atoms with van der Waals surface area (Å²) in [6.07, 6.45) is 3.78. The Bertz CT molecular complexity index is 903. The van der Waals surface area contributed by atoms with E-state index in [0.717, 1.165) is 36.1 Å². The Kier molecular flexibility index (Phi) is 5.89. The molecule has 1 atom stereocenters. The van der Waals surface area contributed by atoms with Crippen LogP contribution in [0.4, 0.5) is 9.39 Å². The van der Waals surface area contributed by atoms with Crippen LogP contribution in [0, 0.1) is 17.2 Å². The first kappa shape index (κ1) is 20.5. The summed E-state index contributed by atoms with van der Waals surface area (Å²) in [5, 5.41) is 3.29. The summed E-state index contributed by atoms with van der Waals surface area (Å²) in [6.45, 7) is 6.77. The largest absolute Gasteiger partial charge is 0.465 e. The molecule has 0 radical (unpaired) electrons. The molecule has 2 aromatic rings. The van der Waals surface area contributed by atoms with E-state index < -0.39 is 17.7 Å². The number of anilines is 1. The molecule has 1 amide bonds. The van der Waals surface area contributed by atoms with Crippen molar-refractivity contribution in [3.63, 3.8) is 0 Å². The second-order valence-electron chi connectivity index (χ2n) is 7.95. The van der Waals surface area contributed by atoms with Crippen LogP contribution in [0.2, 0.25) is 0 Å². The third-order valence-electron chi connectivity index (χ3n) is 5.99. The predicted molar refractivity (Wildman–Crippen MR) is 110 cm³/mol. The molecule has 0 aliphatic heterocycles. The van der Waals surface area contributed by atoms with Gasteiger partial charge in [-0.15, -0.1) is 11.3 Å². The van der Waals surface area contributed by atoms with Crippen LogP contribution in [0.3, 0.4) is 0 Å². The van der Waals surface area contributed by atoms with Crippen molar-refractivity contribution >= 4 is 28.2 Å². The molecule has 4 nitrogen and oxygen atoms in total. The van der Waals surface area contributed by atoms with Crippen molar-refractivity contribution in [2.45, 2.75) is 46.5 Å². The van der Waals surface area contributed by atoms with Crippen molar-refractivity contribution < 1.29 is 18.7 Å². The van der Waals surface area contributed by atoms with Gasteiger partial charge in [0.1, 0.15) is 10.8 Å². The van der Waals surface area contributed by atoms with Crippen LogP contribution in [0.25, 0.3) is 0 Å². The lowest BCUT2D eigenvalue weighted by Crippen LogP contribution is -2.28. The Morgan fingerprint density at radius 1 is 1.36 bits per heavy atom. The molecule has 0 saturated carbocycles. The SMILES string of the molecule is CCC(C)(C)C1CCc2c(sc(NC(=O)c3cccc(F)c3)c2C(=O)OC)C1. The maximum atomic E-state index is 13.5. The molecule has 1 unspecified atom stereocenters. The molecule has 1 heterocycles. The molecule has 0 saturated heterocycles. The minimum Gasteiger partial charge on any atom is -0.465 e. The highest BCUT2D eigenvalue weighted by Crippen LogP contribution is 2.45. The number of rotatable bonds is 5. The average Bonchev–Trinajstić information content (AvgIpc) is 3.04. The minimum atomic E-state index is -0.476. The lowest BCUT2D eigenvalue weighted by atomic mass is 9.69. The highest BCUT2D eigenvalue weighted by molar-refractivity contribution is 7.17. The van der Waals surface area contributed by atoms with Crippen LogP contribution in [-0.4, -0.2) is 19.0 Å². The lowest BCUT2D eigenvalue weighted by Gasteiger charge is -2.36. The molecule has 6 heteroatoms. The zero-order chi connectivity index (χ0) is 20.5. The smallest absolute Gasteiger partial charge is 0.341 e. The summed E-state index contributed by atoms with van der Waals surface area (Å²) in [5.74, 6) is -0.828. The van der Waals surface area contributed by atoms with Crippen LogP contribution in [0.5, 0.6) is 0 Å². The summed E-state index contributed by atoms with van der Waals surface area (Å²) in [7, 11) is 1.34. The van der Waals surface area contributed by atoms with E-state index in [4.69, 9.17) is 4.74 Å². The predicted octanol–water partition coefficient (Wildman–Crippen LogP) is 5.47. The molecule has 1 aliphatic rings. The number of hydrogen-bond donors (Lipinski definition) is 1. The number of methoxy groups -OCH3 is 1.